The molecule has 190 valence electrons. The highest BCUT2D eigenvalue weighted by Gasteiger charge is 2.30. The maximum Gasteiger partial charge on any atom is 0.284 e. The van der Waals surface area contributed by atoms with Crippen LogP contribution in [0, 0.1) is 0 Å². The molecule has 0 radical (unpaired) electrons. The summed E-state index contributed by atoms with van der Waals surface area (Å²) >= 11 is 0. The summed E-state index contributed by atoms with van der Waals surface area (Å²) in [7, 11) is -4.11. The maximum absolute atomic E-state index is 13.7. The number of para-hydroxylation sites is 1. The lowest BCUT2D eigenvalue weighted by molar-refractivity contribution is 0.0946. The van der Waals surface area contributed by atoms with Crippen LogP contribution < -0.4 is 10.6 Å². The summed E-state index contributed by atoms with van der Waals surface area (Å²) < 4.78 is 28.2. The molecule has 1 aromatic heterocycles. The van der Waals surface area contributed by atoms with Crippen LogP contribution in [-0.4, -0.2) is 47.0 Å². The van der Waals surface area contributed by atoms with Crippen molar-refractivity contribution in [1.29, 1.82) is 0 Å². The Hall–Kier alpha value is -4.02. The van der Waals surface area contributed by atoms with Crippen LogP contribution >= 0.6 is 0 Å². The number of nitrogens with one attached hydrogen (secondary N) is 2. The van der Waals surface area contributed by atoms with Crippen molar-refractivity contribution in [3.8, 4) is 11.3 Å². The SMILES string of the molecule is O=C(NCc1ccccc1NCCO)c1nnn(S(=O)(=O)c2ccc3c(c2)CCC3)c1-c1ccccc1. The van der Waals surface area contributed by atoms with E-state index in [2.05, 4.69) is 20.9 Å². The van der Waals surface area contributed by atoms with Crippen molar-refractivity contribution in [3.63, 3.8) is 0 Å². The van der Waals surface area contributed by atoms with E-state index in [0.29, 0.717) is 12.1 Å². The Morgan fingerprint density at radius 2 is 1.73 bits per heavy atom. The molecular formula is C27H27N5O4S. The molecule has 0 aliphatic heterocycles. The van der Waals surface area contributed by atoms with Gasteiger partial charge in [-0.25, -0.2) is 0 Å². The van der Waals surface area contributed by atoms with Crippen LogP contribution in [0.15, 0.2) is 77.7 Å². The second-order valence-corrected chi connectivity index (χ2v) is 10.5. The molecule has 9 nitrogen and oxygen atoms in total. The molecule has 1 heterocycles. The van der Waals surface area contributed by atoms with Gasteiger partial charge < -0.3 is 15.7 Å². The normalized spacial score (nSPS) is 12.8. The van der Waals surface area contributed by atoms with Crippen molar-refractivity contribution in [3.05, 3.63) is 95.2 Å². The molecule has 0 atom stereocenters. The van der Waals surface area contributed by atoms with Gasteiger partial charge in [-0.05, 0) is 54.2 Å². The number of carbonyl (C=O) groups excluding carboxylic acids is 1. The molecule has 3 N–H and O–H groups in total. The molecule has 5 rings (SSSR count). The van der Waals surface area contributed by atoms with E-state index in [4.69, 9.17) is 5.11 Å². The van der Waals surface area contributed by atoms with Gasteiger partial charge in [-0.15, -0.1) is 9.19 Å². The Morgan fingerprint density at radius 1 is 0.973 bits per heavy atom. The van der Waals surface area contributed by atoms with Gasteiger partial charge in [0.25, 0.3) is 15.9 Å². The fourth-order valence-electron chi connectivity index (χ4n) is 4.54. The van der Waals surface area contributed by atoms with Crippen molar-refractivity contribution >= 4 is 21.6 Å². The number of benzene rings is 3. The fraction of sp³-hybridized carbons (Fsp3) is 0.222. The Bertz CT molecular complexity index is 1530. The minimum absolute atomic E-state index is 0.0249. The molecule has 0 saturated heterocycles. The molecule has 0 saturated carbocycles. The number of aliphatic hydroxyl groups is 1. The van der Waals surface area contributed by atoms with Crippen LogP contribution in [0.3, 0.4) is 0 Å². The van der Waals surface area contributed by atoms with Crippen molar-refractivity contribution in [2.24, 2.45) is 0 Å². The molecular weight excluding hydrogens is 490 g/mol. The molecule has 1 aliphatic rings. The number of nitrogens with zero attached hydrogens (tertiary/aromatic N) is 3. The number of amides is 1. The van der Waals surface area contributed by atoms with Crippen molar-refractivity contribution in [2.75, 3.05) is 18.5 Å². The van der Waals surface area contributed by atoms with Crippen LogP contribution in [0.5, 0.6) is 0 Å². The molecule has 0 bridgehead atoms. The smallest absolute Gasteiger partial charge is 0.284 e. The zero-order chi connectivity index (χ0) is 25.8. The fourth-order valence-corrected chi connectivity index (χ4v) is 5.83. The molecule has 4 aromatic rings. The van der Waals surface area contributed by atoms with Gasteiger partial charge in [-0.3, -0.25) is 4.79 Å². The van der Waals surface area contributed by atoms with Crippen molar-refractivity contribution < 1.29 is 18.3 Å². The summed E-state index contributed by atoms with van der Waals surface area (Å²) in [6, 6.07) is 21.3. The lowest BCUT2D eigenvalue weighted by Crippen LogP contribution is -2.25. The zero-order valence-electron chi connectivity index (χ0n) is 20.1. The molecule has 0 fully saturated rings. The molecule has 0 spiro atoms. The number of hydrogen-bond acceptors (Lipinski definition) is 7. The molecule has 0 unspecified atom stereocenters. The molecule has 1 amide bonds. The largest absolute Gasteiger partial charge is 0.395 e. The quantitative estimate of drug-likeness (QED) is 0.312. The van der Waals surface area contributed by atoms with E-state index in [9.17, 15) is 13.2 Å². The van der Waals surface area contributed by atoms with E-state index in [1.54, 1.807) is 36.4 Å². The highest BCUT2D eigenvalue weighted by atomic mass is 32.2. The molecule has 37 heavy (non-hydrogen) atoms. The predicted molar refractivity (Wildman–Crippen MR) is 140 cm³/mol. The van der Waals surface area contributed by atoms with E-state index in [1.165, 1.54) is 0 Å². The summed E-state index contributed by atoms with van der Waals surface area (Å²) in [5, 5.41) is 23.0. The van der Waals surface area contributed by atoms with Crippen molar-refractivity contribution in [1.82, 2.24) is 19.7 Å². The van der Waals surface area contributed by atoms with Gasteiger partial charge in [0.15, 0.2) is 5.69 Å². The minimum atomic E-state index is -4.11. The molecule has 3 aromatic carbocycles. The molecule has 1 aliphatic carbocycles. The molecule has 10 heteroatoms. The van der Waals surface area contributed by atoms with Crippen LogP contribution in [0.1, 0.15) is 33.6 Å². The second-order valence-electron chi connectivity index (χ2n) is 8.77. The first-order chi connectivity index (χ1) is 18.0. The van der Waals surface area contributed by atoms with Crippen molar-refractivity contribution in [2.45, 2.75) is 30.7 Å². The number of carbonyl (C=O) groups is 1. The maximum atomic E-state index is 13.7. The summed E-state index contributed by atoms with van der Waals surface area (Å²) in [6.07, 6.45) is 2.78. The zero-order valence-corrected chi connectivity index (χ0v) is 20.9. The summed E-state index contributed by atoms with van der Waals surface area (Å²) in [5.41, 5.74) is 4.30. The van der Waals surface area contributed by atoms with Gasteiger partial charge in [0.05, 0.1) is 11.5 Å². The lowest BCUT2D eigenvalue weighted by Gasteiger charge is -2.13. The first-order valence-electron chi connectivity index (χ1n) is 12.1. The first-order valence-corrected chi connectivity index (χ1v) is 13.5. The number of aromatic nitrogens is 3. The predicted octanol–water partition coefficient (Wildman–Crippen LogP) is 3.01. The topological polar surface area (TPSA) is 126 Å². The Morgan fingerprint density at radius 3 is 2.54 bits per heavy atom. The van der Waals surface area contributed by atoms with E-state index in [1.807, 2.05) is 36.4 Å². The van der Waals surface area contributed by atoms with Gasteiger partial charge in [-0.2, -0.15) is 8.42 Å². The average Bonchev–Trinajstić information content (AvgIpc) is 3.59. The van der Waals surface area contributed by atoms with Crippen LogP contribution in [0.25, 0.3) is 11.3 Å². The standard InChI is InChI=1S/C27H27N5O4S/c33-16-15-28-24-12-5-4-9-22(24)18-29-27(34)25-26(20-7-2-1-3-8-20)32(31-30-25)37(35,36)23-14-13-19-10-6-11-21(19)17-23/h1-5,7-9,12-14,17,28,33H,6,10-11,15-16,18H2,(H,29,34). The monoisotopic (exact) mass is 517 g/mol. The van der Waals surface area contributed by atoms with Gasteiger partial charge in [0.1, 0.15) is 5.69 Å². The second kappa shape index (κ2) is 10.5. The van der Waals surface area contributed by atoms with Crippen LogP contribution in [0.4, 0.5) is 5.69 Å². The Kier molecular flexibility index (Phi) is 7.02. The number of aryl methyl sites for hydroxylation is 2. The van der Waals surface area contributed by atoms with Gasteiger partial charge in [-0.1, -0.05) is 59.8 Å². The number of rotatable bonds is 9. The van der Waals surface area contributed by atoms with Gasteiger partial charge >= 0.3 is 0 Å². The summed E-state index contributed by atoms with van der Waals surface area (Å²) in [6.45, 7) is 0.521. The van der Waals surface area contributed by atoms with E-state index in [-0.39, 0.29) is 29.4 Å². The third-order valence-corrected chi connectivity index (χ3v) is 7.94. The number of fused-ring (bicyclic) bond motifs is 1. The highest BCUT2D eigenvalue weighted by molar-refractivity contribution is 7.90. The van der Waals surface area contributed by atoms with Crippen LogP contribution in [0.2, 0.25) is 0 Å². The average molecular weight is 518 g/mol. The Labute approximate surface area is 215 Å². The number of aliphatic hydroxyl groups excluding tert-OH is 1. The lowest BCUT2D eigenvalue weighted by atomic mass is 10.1. The third kappa shape index (κ3) is 4.98. The number of hydrogen-bond donors (Lipinski definition) is 3. The Balaban J connectivity index is 1.49. The highest BCUT2D eigenvalue weighted by Crippen LogP contribution is 2.29. The third-order valence-electron chi connectivity index (χ3n) is 6.38. The van der Waals surface area contributed by atoms with Gasteiger partial charge in [0, 0.05) is 24.3 Å². The van der Waals surface area contributed by atoms with E-state index in [0.717, 1.165) is 45.7 Å². The minimum Gasteiger partial charge on any atom is -0.395 e. The van der Waals surface area contributed by atoms with E-state index < -0.39 is 15.9 Å². The van der Waals surface area contributed by atoms with Crippen LogP contribution in [-0.2, 0) is 29.4 Å². The van der Waals surface area contributed by atoms with E-state index >= 15 is 0 Å². The van der Waals surface area contributed by atoms with Gasteiger partial charge in [0.2, 0.25) is 0 Å². The number of anilines is 1. The summed E-state index contributed by atoms with van der Waals surface area (Å²) in [5.74, 6) is -0.550. The summed E-state index contributed by atoms with van der Waals surface area (Å²) in [4.78, 5) is 13.4. The first kappa shape index (κ1) is 24.7.